The van der Waals surface area contributed by atoms with E-state index in [1.807, 2.05) is 5.38 Å². The largest absolute Gasteiger partial charge is 0.465 e. The van der Waals surface area contributed by atoms with Crippen molar-refractivity contribution >= 4 is 28.3 Å². The number of methoxy groups -OCH3 is 1. The highest BCUT2D eigenvalue weighted by Crippen LogP contribution is 2.26. The van der Waals surface area contributed by atoms with E-state index in [0.29, 0.717) is 17.3 Å². The van der Waals surface area contributed by atoms with Gasteiger partial charge in [0, 0.05) is 17.6 Å². The Balaban J connectivity index is 1.68. The van der Waals surface area contributed by atoms with Crippen molar-refractivity contribution in [2.45, 2.75) is 18.9 Å². The molecule has 1 saturated heterocycles. The van der Waals surface area contributed by atoms with Gasteiger partial charge in [0.15, 0.2) is 5.13 Å². The summed E-state index contributed by atoms with van der Waals surface area (Å²) in [4.78, 5) is 27.8. The van der Waals surface area contributed by atoms with Crippen LogP contribution in [0, 0.1) is 0 Å². The Morgan fingerprint density at radius 1 is 1.35 bits per heavy atom. The molecule has 1 N–H and O–H groups in total. The summed E-state index contributed by atoms with van der Waals surface area (Å²) < 4.78 is 10.0. The number of hydrogen-bond acceptors (Lipinski definition) is 6. The molecule has 1 aliphatic rings. The number of nitrogens with zero attached hydrogens (tertiary/aromatic N) is 1. The predicted octanol–water partition coefficient (Wildman–Crippen LogP) is 2.71. The van der Waals surface area contributed by atoms with E-state index in [1.165, 1.54) is 18.4 Å². The van der Waals surface area contributed by atoms with Crippen molar-refractivity contribution in [1.82, 2.24) is 4.98 Å². The number of anilines is 1. The number of ether oxygens (including phenoxy) is 2. The van der Waals surface area contributed by atoms with Gasteiger partial charge in [0.05, 0.1) is 18.4 Å². The quantitative estimate of drug-likeness (QED) is 0.871. The number of benzene rings is 1. The van der Waals surface area contributed by atoms with E-state index in [2.05, 4.69) is 15.0 Å². The molecule has 3 rings (SSSR count). The van der Waals surface area contributed by atoms with Crippen LogP contribution in [-0.4, -0.2) is 36.7 Å². The normalized spacial score (nSPS) is 17.0. The number of nitrogens with one attached hydrogen (secondary N) is 1. The molecule has 2 aromatic rings. The number of thiazole rings is 1. The first-order valence-corrected chi connectivity index (χ1v) is 8.12. The lowest BCUT2D eigenvalue weighted by Crippen LogP contribution is -2.26. The number of carbonyl (C=O) groups is 2. The average Bonchev–Trinajstić information content (AvgIpc) is 3.26. The predicted molar refractivity (Wildman–Crippen MR) is 86.5 cm³/mol. The second-order valence-corrected chi connectivity index (χ2v) is 5.96. The fraction of sp³-hybridized carbons (Fsp3) is 0.312. The Morgan fingerprint density at radius 3 is 2.78 bits per heavy atom. The maximum absolute atomic E-state index is 12.0. The minimum Gasteiger partial charge on any atom is -0.465 e. The topological polar surface area (TPSA) is 77.5 Å². The Hall–Kier alpha value is -2.25. The smallest absolute Gasteiger partial charge is 0.337 e. The molecule has 0 aliphatic carbocycles. The molecule has 0 radical (unpaired) electrons. The van der Waals surface area contributed by atoms with E-state index in [4.69, 9.17) is 4.74 Å². The van der Waals surface area contributed by atoms with Crippen LogP contribution in [0.15, 0.2) is 29.6 Å². The van der Waals surface area contributed by atoms with Gasteiger partial charge in [0.1, 0.15) is 6.10 Å². The molecule has 0 bridgehead atoms. The molecule has 1 fully saturated rings. The van der Waals surface area contributed by atoms with Crippen molar-refractivity contribution in [3.63, 3.8) is 0 Å². The van der Waals surface area contributed by atoms with Gasteiger partial charge in [-0.1, -0.05) is 12.1 Å². The third-order valence-electron chi connectivity index (χ3n) is 3.56. The average molecular weight is 332 g/mol. The Bertz CT molecular complexity index is 705. The molecule has 0 spiro atoms. The molecule has 0 saturated carbocycles. The van der Waals surface area contributed by atoms with Gasteiger partial charge in [0.25, 0.3) is 5.91 Å². The standard InChI is InChI=1S/C16H16N2O4S/c1-21-15(20)11-6-4-10(5-7-11)12-9-23-16(17-12)18-14(19)13-3-2-8-22-13/h4-7,9,13H,2-3,8H2,1H3,(H,17,18,19)/t13-/m1/s1. The van der Waals surface area contributed by atoms with Crippen molar-refractivity contribution in [2.24, 2.45) is 0 Å². The summed E-state index contributed by atoms with van der Waals surface area (Å²) in [5.74, 6) is -0.524. The molecular weight excluding hydrogens is 316 g/mol. The molecule has 1 aromatic heterocycles. The fourth-order valence-corrected chi connectivity index (χ4v) is 3.05. The molecule has 1 atom stereocenters. The van der Waals surface area contributed by atoms with Crippen LogP contribution in [0.4, 0.5) is 5.13 Å². The van der Waals surface area contributed by atoms with E-state index in [1.54, 1.807) is 24.3 Å². The number of amides is 1. The first-order chi connectivity index (χ1) is 11.2. The summed E-state index contributed by atoms with van der Waals surface area (Å²) >= 11 is 1.36. The second kappa shape index (κ2) is 6.89. The molecular formula is C16H16N2O4S. The lowest BCUT2D eigenvalue weighted by atomic mass is 10.1. The van der Waals surface area contributed by atoms with E-state index < -0.39 is 0 Å². The van der Waals surface area contributed by atoms with Crippen LogP contribution in [0.1, 0.15) is 23.2 Å². The maximum Gasteiger partial charge on any atom is 0.337 e. The van der Waals surface area contributed by atoms with Crippen LogP contribution in [0.5, 0.6) is 0 Å². The first-order valence-electron chi connectivity index (χ1n) is 7.24. The molecule has 2 heterocycles. The van der Waals surface area contributed by atoms with Gasteiger partial charge in [-0.15, -0.1) is 11.3 Å². The van der Waals surface area contributed by atoms with E-state index in [-0.39, 0.29) is 18.0 Å². The van der Waals surface area contributed by atoms with E-state index in [0.717, 1.165) is 24.1 Å². The van der Waals surface area contributed by atoms with Gasteiger partial charge >= 0.3 is 5.97 Å². The number of hydrogen-bond donors (Lipinski definition) is 1. The second-order valence-electron chi connectivity index (χ2n) is 5.10. The molecule has 1 amide bonds. The highest BCUT2D eigenvalue weighted by Gasteiger charge is 2.24. The minimum atomic E-state index is -0.376. The number of aromatic nitrogens is 1. The summed E-state index contributed by atoms with van der Waals surface area (Å²) in [7, 11) is 1.35. The Kier molecular flexibility index (Phi) is 4.68. The van der Waals surface area contributed by atoms with Crippen LogP contribution >= 0.6 is 11.3 Å². The molecule has 23 heavy (non-hydrogen) atoms. The highest BCUT2D eigenvalue weighted by molar-refractivity contribution is 7.14. The van der Waals surface area contributed by atoms with E-state index in [9.17, 15) is 9.59 Å². The van der Waals surface area contributed by atoms with Crippen LogP contribution in [-0.2, 0) is 14.3 Å². The third kappa shape index (κ3) is 3.57. The van der Waals surface area contributed by atoms with E-state index >= 15 is 0 Å². The number of carbonyl (C=O) groups excluding carboxylic acids is 2. The number of rotatable bonds is 4. The maximum atomic E-state index is 12.0. The summed E-state index contributed by atoms with van der Waals surface area (Å²) in [5.41, 5.74) is 2.10. The van der Waals surface area contributed by atoms with Crippen LogP contribution in [0.3, 0.4) is 0 Å². The third-order valence-corrected chi connectivity index (χ3v) is 4.32. The molecule has 6 nitrogen and oxygen atoms in total. The summed E-state index contributed by atoms with van der Waals surface area (Å²) in [6, 6.07) is 6.97. The van der Waals surface area contributed by atoms with Crippen LogP contribution in [0.25, 0.3) is 11.3 Å². The minimum absolute atomic E-state index is 0.149. The SMILES string of the molecule is COC(=O)c1ccc(-c2csc(NC(=O)[C@H]3CCCO3)n2)cc1. The summed E-state index contributed by atoms with van der Waals surface area (Å²) in [5, 5.41) is 5.18. The first kappa shape index (κ1) is 15.6. The van der Waals surface area contributed by atoms with Gasteiger partial charge in [-0.3, -0.25) is 10.1 Å². The lowest BCUT2D eigenvalue weighted by Gasteiger charge is -2.07. The monoisotopic (exact) mass is 332 g/mol. The van der Waals surface area contributed by atoms with Gasteiger partial charge in [-0.25, -0.2) is 9.78 Å². The fourth-order valence-electron chi connectivity index (χ4n) is 2.33. The van der Waals surface area contributed by atoms with Gasteiger partial charge in [0.2, 0.25) is 0 Å². The molecule has 7 heteroatoms. The zero-order valence-corrected chi connectivity index (χ0v) is 13.4. The van der Waals surface area contributed by atoms with Gasteiger partial charge < -0.3 is 9.47 Å². The van der Waals surface area contributed by atoms with Crippen molar-refractivity contribution in [3.8, 4) is 11.3 Å². The zero-order valence-electron chi connectivity index (χ0n) is 12.6. The van der Waals surface area contributed by atoms with Crippen molar-refractivity contribution in [1.29, 1.82) is 0 Å². The van der Waals surface area contributed by atoms with Gasteiger partial charge in [-0.2, -0.15) is 0 Å². The highest BCUT2D eigenvalue weighted by atomic mass is 32.1. The van der Waals surface area contributed by atoms with Crippen molar-refractivity contribution < 1.29 is 19.1 Å². The number of esters is 1. The summed E-state index contributed by atoms with van der Waals surface area (Å²) in [6.07, 6.45) is 1.29. The lowest BCUT2D eigenvalue weighted by molar-refractivity contribution is -0.124. The Labute approximate surface area is 137 Å². The molecule has 1 aliphatic heterocycles. The summed E-state index contributed by atoms with van der Waals surface area (Å²) in [6.45, 7) is 0.633. The van der Waals surface area contributed by atoms with Gasteiger partial charge in [-0.05, 0) is 25.0 Å². The molecule has 1 aromatic carbocycles. The van der Waals surface area contributed by atoms with Crippen LogP contribution < -0.4 is 5.32 Å². The molecule has 0 unspecified atom stereocenters. The van der Waals surface area contributed by atoms with Crippen molar-refractivity contribution in [3.05, 3.63) is 35.2 Å². The Morgan fingerprint density at radius 2 is 2.13 bits per heavy atom. The zero-order chi connectivity index (χ0) is 16.2. The van der Waals surface area contributed by atoms with Crippen LogP contribution in [0.2, 0.25) is 0 Å². The molecule has 120 valence electrons. The van der Waals surface area contributed by atoms with Crippen molar-refractivity contribution in [2.75, 3.05) is 19.0 Å².